The third kappa shape index (κ3) is 6.99. The lowest BCUT2D eigenvalue weighted by Gasteiger charge is -2.39. The fraction of sp³-hybridized carbons (Fsp3) is 0.519. The molecule has 3 heterocycles. The number of likely N-dealkylation sites (tertiary alicyclic amines) is 1. The number of benzene rings is 1. The number of nitrogens with zero attached hydrogens (tertiary/aromatic N) is 3. The molecule has 0 radical (unpaired) electrons. The molecule has 2 aliphatic heterocycles. The van der Waals surface area contributed by atoms with Crippen molar-refractivity contribution in [3.05, 3.63) is 47.9 Å². The number of morpholine rings is 1. The molecule has 2 amide bonds. The highest BCUT2D eigenvalue weighted by atomic mass is 16.5. The van der Waals surface area contributed by atoms with E-state index in [9.17, 15) is 24.9 Å². The summed E-state index contributed by atoms with van der Waals surface area (Å²) >= 11 is 0. The number of amides is 2. The summed E-state index contributed by atoms with van der Waals surface area (Å²) < 4.78 is 16.5. The topological polar surface area (TPSA) is 149 Å². The number of hydrogen-bond acceptors (Lipinski definition) is 9. The molecule has 1 unspecified atom stereocenters. The summed E-state index contributed by atoms with van der Waals surface area (Å²) in [6.07, 6.45) is 3.64. The van der Waals surface area contributed by atoms with E-state index in [-0.39, 0.29) is 30.4 Å². The van der Waals surface area contributed by atoms with Gasteiger partial charge in [-0.15, -0.1) is 0 Å². The van der Waals surface area contributed by atoms with E-state index in [1.54, 1.807) is 11.0 Å². The van der Waals surface area contributed by atoms with Gasteiger partial charge in [-0.25, -0.2) is 4.79 Å². The standard InChI is InChI=1S/C27H35BN4O7/c1-27(2,31-10-12-37-13-11-31)14-20(16-29)25(33)32-9-5-7-21(32)18-39-26(34)30-23(15-28(35)36)24-22-8-4-3-6-19(22)17-38-24/h3-4,6,8,14,17,21,23,35-36H,5,7,9-13,15,18H2,1-2H3,(H,30,34)/t21-,23?/m1/s1. The molecule has 2 aromatic rings. The Hall–Kier alpha value is -3.37. The van der Waals surface area contributed by atoms with E-state index in [1.807, 2.05) is 38.1 Å². The lowest BCUT2D eigenvalue weighted by Crippen LogP contribution is -2.49. The largest absolute Gasteiger partial charge is 0.466 e. The highest BCUT2D eigenvalue weighted by Crippen LogP contribution is 2.29. The van der Waals surface area contributed by atoms with Crippen LogP contribution in [-0.2, 0) is 14.3 Å². The fourth-order valence-electron chi connectivity index (χ4n) is 5.24. The van der Waals surface area contributed by atoms with E-state index in [1.165, 1.54) is 6.26 Å². The summed E-state index contributed by atoms with van der Waals surface area (Å²) in [5.41, 5.74) is -0.442. The number of hydrogen-bond donors (Lipinski definition) is 3. The molecule has 39 heavy (non-hydrogen) atoms. The zero-order chi connectivity index (χ0) is 28.0. The van der Waals surface area contributed by atoms with E-state index in [0.717, 1.165) is 17.2 Å². The van der Waals surface area contributed by atoms with Gasteiger partial charge >= 0.3 is 13.2 Å². The van der Waals surface area contributed by atoms with Gasteiger partial charge in [0.2, 0.25) is 0 Å². The molecule has 12 heteroatoms. The summed E-state index contributed by atoms with van der Waals surface area (Å²) in [6.45, 7) is 6.99. The number of nitrogens with one attached hydrogen (secondary N) is 1. The molecule has 3 N–H and O–H groups in total. The van der Waals surface area contributed by atoms with Gasteiger partial charge in [0, 0.05) is 42.3 Å². The van der Waals surface area contributed by atoms with E-state index in [0.29, 0.717) is 45.0 Å². The van der Waals surface area contributed by atoms with Crippen LogP contribution in [0.25, 0.3) is 10.8 Å². The van der Waals surface area contributed by atoms with Crippen LogP contribution < -0.4 is 5.32 Å². The molecule has 0 spiro atoms. The van der Waals surface area contributed by atoms with Crippen molar-refractivity contribution in [2.75, 3.05) is 39.5 Å². The van der Waals surface area contributed by atoms with Gasteiger partial charge in [0.25, 0.3) is 5.91 Å². The van der Waals surface area contributed by atoms with E-state index in [4.69, 9.17) is 13.9 Å². The molecule has 2 atom stereocenters. The maximum Gasteiger partial charge on any atom is 0.454 e. The van der Waals surface area contributed by atoms with Crippen molar-refractivity contribution in [2.45, 2.75) is 50.6 Å². The first-order valence-electron chi connectivity index (χ1n) is 13.2. The molecule has 1 aromatic heterocycles. The van der Waals surface area contributed by atoms with Gasteiger partial charge in [-0.05, 0) is 32.8 Å². The lowest BCUT2D eigenvalue weighted by atomic mass is 9.80. The first-order chi connectivity index (χ1) is 18.7. The Kier molecular flexibility index (Phi) is 9.30. The Morgan fingerprint density at radius 1 is 1.28 bits per heavy atom. The molecule has 0 aliphatic carbocycles. The summed E-state index contributed by atoms with van der Waals surface area (Å²) in [7, 11) is -1.68. The normalized spacial score (nSPS) is 19.5. The van der Waals surface area contributed by atoms with Crippen LogP contribution in [0.1, 0.15) is 38.5 Å². The molecule has 11 nitrogen and oxygen atoms in total. The molecule has 4 rings (SSSR count). The van der Waals surface area contributed by atoms with Crippen molar-refractivity contribution < 1.29 is 33.5 Å². The van der Waals surface area contributed by atoms with Gasteiger partial charge in [0.05, 0.1) is 31.6 Å². The quantitative estimate of drug-likeness (QED) is 0.248. The Bertz CT molecular complexity index is 1230. The van der Waals surface area contributed by atoms with Crippen molar-refractivity contribution in [1.29, 1.82) is 5.26 Å². The minimum absolute atomic E-state index is 0.0591. The van der Waals surface area contributed by atoms with Crippen LogP contribution in [0.15, 0.2) is 46.6 Å². The summed E-state index contributed by atoms with van der Waals surface area (Å²) in [6, 6.07) is 8.20. The number of carbonyl (C=O) groups is 2. The number of alkyl carbamates (subject to hydrolysis) is 1. The number of rotatable bonds is 9. The Morgan fingerprint density at radius 2 is 2.03 bits per heavy atom. The molecule has 2 saturated heterocycles. The Balaban J connectivity index is 1.39. The fourth-order valence-corrected chi connectivity index (χ4v) is 5.24. The first-order valence-corrected chi connectivity index (χ1v) is 13.2. The van der Waals surface area contributed by atoms with Gasteiger partial charge < -0.3 is 34.2 Å². The van der Waals surface area contributed by atoms with Crippen molar-refractivity contribution in [2.24, 2.45) is 0 Å². The number of carbonyl (C=O) groups excluding carboxylic acids is 2. The molecule has 0 bridgehead atoms. The highest BCUT2D eigenvalue weighted by Gasteiger charge is 2.34. The second-order valence-corrected chi connectivity index (χ2v) is 10.4. The SMILES string of the molecule is CC(C)(C=C(C#N)C(=O)N1CCC[C@@H]1COC(=O)NC(CB(O)O)c1occ2ccccc12)N1CCOCC1. The molecule has 208 valence electrons. The third-order valence-electron chi connectivity index (χ3n) is 7.31. The number of furan rings is 1. The number of ether oxygens (including phenoxy) is 2. The number of fused-ring (bicyclic) bond motifs is 1. The maximum atomic E-state index is 13.3. The minimum atomic E-state index is -1.68. The lowest BCUT2D eigenvalue weighted by molar-refractivity contribution is -0.128. The minimum Gasteiger partial charge on any atom is -0.466 e. The smallest absolute Gasteiger partial charge is 0.454 e. The van der Waals surface area contributed by atoms with Crippen LogP contribution in [0.5, 0.6) is 0 Å². The van der Waals surface area contributed by atoms with Crippen molar-refractivity contribution in [3.63, 3.8) is 0 Å². The van der Waals surface area contributed by atoms with Gasteiger partial charge in [-0.1, -0.05) is 24.3 Å². The van der Waals surface area contributed by atoms with E-state index in [2.05, 4.69) is 16.3 Å². The predicted octanol–water partition coefficient (Wildman–Crippen LogP) is 2.22. The van der Waals surface area contributed by atoms with Crippen LogP contribution in [-0.4, -0.2) is 90.0 Å². The molecule has 2 aliphatic rings. The van der Waals surface area contributed by atoms with Crippen molar-refractivity contribution in [1.82, 2.24) is 15.1 Å². The zero-order valence-electron chi connectivity index (χ0n) is 22.3. The van der Waals surface area contributed by atoms with Crippen molar-refractivity contribution >= 4 is 29.9 Å². The second kappa shape index (κ2) is 12.7. The Morgan fingerprint density at radius 3 is 2.74 bits per heavy atom. The van der Waals surface area contributed by atoms with Gasteiger partial charge in [-0.2, -0.15) is 5.26 Å². The van der Waals surface area contributed by atoms with Crippen LogP contribution in [0.4, 0.5) is 4.79 Å². The monoisotopic (exact) mass is 538 g/mol. The highest BCUT2D eigenvalue weighted by molar-refractivity contribution is 6.41. The summed E-state index contributed by atoms with van der Waals surface area (Å²) in [5, 5.41) is 33.2. The molecule has 0 saturated carbocycles. The van der Waals surface area contributed by atoms with E-state index >= 15 is 0 Å². The van der Waals surface area contributed by atoms with Crippen LogP contribution in [0.3, 0.4) is 0 Å². The summed E-state index contributed by atoms with van der Waals surface area (Å²) in [5.74, 6) is 0.00804. The predicted molar refractivity (Wildman–Crippen MR) is 143 cm³/mol. The van der Waals surface area contributed by atoms with Crippen LogP contribution >= 0.6 is 0 Å². The Labute approximate surface area is 228 Å². The van der Waals surface area contributed by atoms with Gasteiger partial charge in [0.15, 0.2) is 0 Å². The van der Waals surface area contributed by atoms with Crippen LogP contribution in [0.2, 0.25) is 6.32 Å². The zero-order valence-corrected chi connectivity index (χ0v) is 22.3. The first kappa shape index (κ1) is 28.6. The van der Waals surface area contributed by atoms with E-state index < -0.39 is 24.8 Å². The molecular weight excluding hydrogens is 503 g/mol. The molecule has 2 fully saturated rings. The molecule has 1 aromatic carbocycles. The summed E-state index contributed by atoms with van der Waals surface area (Å²) in [4.78, 5) is 29.8. The average molecular weight is 538 g/mol. The third-order valence-corrected chi connectivity index (χ3v) is 7.31. The maximum absolute atomic E-state index is 13.3. The van der Waals surface area contributed by atoms with Gasteiger partial charge in [0.1, 0.15) is 24.0 Å². The van der Waals surface area contributed by atoms with Crippen molar-refractivity contribution in [3.8, 4) is 6.07 Å². The van der Waals surface area contributed by atoms with Crippen LogP contribution in [0, 0.1) is 11.3 Å². The number of nitriles is 1. The molecular formula is C27H35BN4O7. The average Bonchev–Trinajstić information content (AvgIpc) is 3.57. The second-order valence-electron chi connectivity index (χ2n) is 10.4. The van der Waals surface area contributed by atoms with Gasteiger partial charge in [-0.3, -0.25) is 9.69 Å².